The Hall–Kier alpha value is -0.570. The van der Waals surface area contributed by atoms with Crippen LogP contribution in [-0.4, -0.2) is 9.55 Å². The molecule has 0 bridgehead atoms. The molecule has 0 aromatic carbocycles. The first-order valence-corrected chi connectivity index (χ1v) is 5.90. The number of hydrogen-bond acceptors (Lipinski definition) is 1. The molecule has 1 aromatic rings. The van der Waals surface area contributed by atoms with Crippen LogP contribution in [0.4, 0.5) is 0 Å². The van der Waals surface area contributed by atoms with Gasteiger partial charge in [-0.05, 0) is 36.9 Å². The molecule has 14 heavy (non-hydrogen) atoms. The van der Waals surface area contributed by atoms with Gasteiger partial charge in [0, 0.05) is 18.9 Å². The van der Waals surface area contributed by atoms with Crippen molar-refractivity contribution < 1.29 is 0 Å². The lowest BCUT2D eigenvalue weighted by Crippen LogP contribution is -2.17. The molecule has 0 radical (unpaired) electrons. The summed E-state index contributed by atoms with van der Waals surface area (Å²) in [5, 5.41) is 0. The van der Waals surface area contributed by atoms with Crippen LogP contribution in [0.2, 0.25) is 0 Å². The van der Waals surface area contributed by atoms with Crippen molar-refractivity contribution in [2.75, 3.05) is 0 Å². The van der Waals surface area contributed by atoms with E-state index < -0.39 is 0 Å². The summed E-state index contributed by atoms with van der Waals surface area (Å²) >= 11 is 5.18. The molecule has 3 heteroatoms. The summed E-state index contributed by atoms with van der Waals surface area (Å²) in [5.41, 5.74) is 0. The molecule has 1 N–H and O–H groups in total. The van der Waals surface area contributed by atoms with Crippen LogP contribution in [0.5, 0.6) is 0 Å². The second-order valence-corrected chi connectivity index (χ2v) is 4.93. The van der Waals surface area contributed by atoms with Crippen LogP contribution in [0.1, 0.15) is 32.6 Å². The van der Waals surface area contributed by atoms with Gasteiger partial charge < -0.3 is 9.55 Å². The number of imidazole rings is 1. The lowest BCUT2D eigenvalue weighted by atomic mass is 9.83. The van der Waals surface area contributed by atoms with E-state index in [1.165, 1.54) is 25.7 Å². The smallest absolute Gasteiger partial charge is 0.177 e. The molecule has 2 rings (SSSR count). The van der Waals surface area contributed by atoms with Crippen molar-refractivity contribution >= 4 is 12.2 Å². The Morgan fingerprint density at radius 2 is 2.14 bits per heavy atom. The zero-order valence-corrected chi connectivity index (χ0v) is 9.52. The third-order valence-corrected chi connectivity index (χ3v) is 3.66. The van der Waals surface area contributed by atoms with Gasteiger partial charge in [-0.25, -0.2) is 0 Å². The van der Waals surface area contributed by atoms with Gasteiger partial charge in [-0.3, -0.25) is 0 Å². The number of hydrogen-bond donors (Lipinski definition) is 1. The third kappa shape index (κ3) is 2.27. The molecule has 1 aliphatic rings. The molecular formula is C11H18N2S. The summed E-state index contributed by atoms with van der Waals surface area (Å²) in [5.74, 6) is 1.78. The lowest BCUT2D eigenvalue weighted by Gasteiger charge is -2.26. The fraction of sp³-hybridized carbons (Fsp3) is 0.727. The van der Waals surface area contributed by atoms with Gasteiger partial charge in [0.25, 0.3) is 0 Å². The molecule has 0 unspecified atom stereocenters. The highest BCUT2D eigenvalue weighted by Crippen LogP contribution is 2.29. The van der Waals surface area contributed by atoms with E-state index >= 15 is 0 Å². The molecule has 0 aliphatic heterocycles. The van der Waals surface area contributed by atoms with Crippen molar-refractivity contribution in [3.63, 3.8) is 0 Å². The molecule has 1 heterocycles. The summed E-state index contributed by atoms with van der Waals surface area (Å²) in [6, 6.07) is 0. The Kier molecular flexibility index (Phi) is 3.06. The molecule has 1 saturated carbocycles. The Morgan fingerprint density at radius 1 is 1.43 bits per heavy atom. The highest BCUT2D eigenvalue weighted by atomic mass is 32.1. The first kappa shape index (κ1) is 9.97. The average molecular weight is 210 g/mol. The van der Waals surface area contributed by atoms with Crippen LogP contribution in [-0.2, 0) is 6.54 Å². The van der Waals surface area contributed by atoms with Crippen molar-refractivity contribution in [2.45, 2.75) is 39.2 Å². The second kappa shape index (κ2) is 4.30. The van der Waals surface area contributed by atoms with Crippen LogP contribution >= 0.6 is 12.2 Å². The van der Waals surface area contributed by atoms with Gasteiger partial charge in [-0.1, -0.05) is 19.8 Å². The molecule has 1 aliphatic carbocycles. The summed E-state index contributed by atoms with van der Waals surface area (Å²) < 4.78 is 3.03. The van der Waals surface area contributed by atoms with Gasteiger partial charge in [0.05, 0.1) is 0 Å². The molecule has 1 fully saturated rings. The summed E-state index contributed by atoms with van der Waals surface area (Å²) in [4.78, 5) is 3.04. The largest absolute Gasteiger partial charge is 0.337 e. The summed E-state index contributed by atoms with van der Waals surface area (Å²) in [6.07, 6.45) is 9.50. The van der Waals surface area contributed by atoms with Gasteiger partial charge in [0.2, 0.25) is 0 Å². The van der Waals surface area contributed by atoms with Gasteiger partial charge in [-0.2, -0.15) is 0 Å². The van der Waals surface area contributed by atoms with Gasteiger partial charge in [0.1, 0.15) is 0 Å². The van der Waals surface area contributed by atoms with Crippen LogP contribution in [0.3, 0.4) is 0 Å². The summed E-state index contributed by atoms with van der Waals surface area (Å²) in [6.45, 7) is 3.47. The van der Waals surface area contributed by atoms with E-state index in [-0.39, 0.29) is 0 Å². The monoisotopic (exact) mass is 210 g/mol. The molecular weight excluding hydrogens is 192 g/mol. The lowest BCUT2D eigenvalue weighted by molar-refractivity contribution is 0.264. The Bertz CT molecular complexity index is 331. The number of nitrogens with zero attached hydrogens (tertiary/aromatic N) is 1. The van der Waals surface area contributed by atoms with E-state index in [1.807, 2.05) is 6.20 Å². The third-order valence-electron chi connectivity index (χ3n) is 3.31. The van der Waals surface area contributed by atoms with Gasteiger partial charge in [-0.15, -0.1) is 0 Å². The minimum Gasteiger partial charge on any atom is -0.337 e. The maximum Gasteiger partial charge on any atom is 0.177 e. The Morgan fingerprint density at radius 3 is 2.71 bits per heavy atom. The van der Waals surface area contributed by atoms with Crippen molar-refractivity contribution in [3.05, 3.63) is 17.2 Å². The van der Waals surface area contributed by atoms with Crippen molar-refractivity contribution in [2.24, 2.45) is 11.8 Å². The Labute approximate surface area is 90.3 Å². The molecule has 0 spiro atoms. The molecule has 2 nitrogen and oxygen atoms in total. The molecule has 78 valence electrons. The zero-order chi connectivity index (χ0) is 9.97. The molecule has 0 amide bonds. The fourth-order valence-corrected chi connectivity index (χ4v) is 2.49. The van der Waals surface area contributed by atoms with Crippen molar-refractivity contribution in [3.8, 4) is 0 Å². The minimum atomic E-state index is 0.841. The first-order chi connectivity index (χ1) is 6.75. The number of H-pyrrole nitrogens is 1. The number of nitrogens with one attached hydrogen (secondary N) is 1. The average Bonchev–Trinajstić information content (AvgIpc) is 2.56. The van der Waals surface area contributed by atoms with Crippen molar-refractivity contribution in [1.82, 2.24) is 9.55 Å². The SMILES string of the molecule is CC1CCC(Cn2cc[nH]c2=S)CC1. The summed E-state index contributed by atoms with van der Waals surface area (Å²) in [7, 11) is 0. The number of aromatic nitrogens is 2. The number of aromatic amines is 1. The highest BCUT2D eigenvalue weighted by Gasteiger charge is 2.18. The van der Waals surface area contributed by atoms with E-state index in [9.17, 15) is 0 Å². The molecule has 1 aromatic heterocycles. The first-order valence-electron chi connectivity index (χ1n) is 5.49. The predicted molar refractivity (Wildman–Crippen MR) is 60.7 cm³/mol. The van der Waals surface area contributed by atoms with Crippen LogP contribution in [0.25, 0.3) is 0 Å². The van der Waals surface area contributed by atoms with E-state index in [0.717, 1.165) is 23.2 Å². The zero-order valence-electron chi connectivity index (χ0n) is 8.70. The normalized spacial score (nSPS) is 27.8. The standard InChI is InChI=1S/C11H18N2S/c1-9-2-4-10(5-3-9)8-13-7-6-12-11(13)14/h6-7,9-10H,2-5,8H2,1H3,(H,12,14). The second-order valence-electron chi connectivity index (χ2n) is 4.54. The maximum atomic E-state index is 5.18. The van der Waals surface area contributed by atoms with Crippen LogP contribution in [0.15, 0.2) is 12.4 Å². The highest BCUT2D eigenvalue weighted by molar-refractivity contribution is 7.71. The van der Waals surface area contributed by atoms with Gasteiger partial charge in [0.15, 0.2) is 4.77 Å². The maximum absolute atomic E-state index is 5.18. The van der Waals surface area contributed by atoms with E-state index in [4.69, 9.17) is 12.2 Å². The molecule has 0 saturated heterocycles. The predicted octanol–water partition coefficient (Wildman–Crippen LogP) is 3.37. The fourth-order valence-electron chi connectivity index (χ4n) is 2.28. The Balaban J connectivity index is 1.93. The van der Waals surface area contributed by atoms with Crippen LogP contribution < -0.4 is 0 Å². The molecule has 0 atom stereocenters. The van der Waals surface area contributed by atoms with E-state index in [0.29, 0.717) is 0 Å². The minimum absolute atomic E-state index is 0.841. The topological polar surface area (TPSA) is 20.7 Å². The quantitative estimate of drug-likeness (QED) is 0.742. The van der Waals surface area contributed by atoms with Gasteiger partial charge >= 0.3 is 0 Å². The van der Waals surface area contributed by atoms with E-state index in [2.05, 4.69) is 22.7 Å². The van der Waals surface area contributed by atoms with Crippen LogP contribution in [0, 0.1) is 16.6 Å². The van der Waals surface area contributed by atoms with Crippen molar-refractivity contribution in [1.29, 1.82) is 0 Å². The number of rotatable bonds is 2. The van der Waals surface area contributed by atoms with E-state index in [1.54, 1.807) is 0 Å².